The standard InChI is InChI=1S/C47H59N5O7/c1-31(2)26-40(47(57)59-30-37-24-16-9-17-25-37)50-46(56)42(33(5)58-29-36-22-14-8-15-23-36)52-44(54)39(28-35-20-12-7-13-21-35)49-45(55)41(32(3)4)51-43(53)38(48)27-34-18-10-6-11-19-34/h6-25,31-33,38-42H,26-30,48H2,1-5H3,(H,49,55)(H,50,56)(H,51,53)(H,52,54)/t33-,38+,39+,40+,41+,42+/m1/s1. The molecule has 0 saturated heterocycles. The highest BCUT2D eigenvalue weighted by Gasteiger charge is 2.36. The second kappa shape index (κ2) is 23.5. The maximum atomic E-state index is 14.4. The number of hydrogen-bond acceptors (Lipinski definition) is 8. The molecule has 59 heavy (non-hydrogen) atoms. The highest BCUT2D eigenvalue weighted by molar-refractivity contribution is 5.96. The fraction of sp³-hybridized carbons (Fsp3) is 0.383. The first kappa shape index (κ1) is 45.8. The number of amides is 4. The molecule has 0 radical (unpaired) electrons. The Bertz CT molecular complexity index is 1910. The van der Waals surface area contributed by atoms with E-state index in [0.717, 1.165) is 22.3 Å². The van der Waals surface area contributed by atoms with Crippen LogP contribution in [0.15, 0.2) is 121 Å². The van der Waals surface area contributed by atoms with Gasteiger partial charge >= 0.3 is 5.97 Å². The van der Waals surface area contributed by atoms with Gasteiger partial charge in [0.25, 0.3) is 0 Å². The van der Waals surface area contributed by atoms with E-state index in [2.05, 4.69) is 21.3 Å². The molecule has 4 amide bonds. The second-order valence-corrected chi connectivity index (χ2v) is 15.5. The fourth-order valence-corrected chi connectivity index (χ4v) is 6.40. The van der Waals surface area contributed by atoms with Crippen LogP contribution >= 0.6 is 0 Å². The number of ether oxygens (including phenoxy) is 2. The molecule has 12 heteroatoms. The van der Waals surface area contributed by atoms with Gasteiger partial charge in [-0.3, -0.25) is 19.2 Å². The van der Waals surface area contributed by atoms with Gasteiger partial charge in [-0.15, -0.1) is 0 Å². The Morgan fingerprint density at radius 3 is 1.46 bits per heavy atom. The molecule has 12 nitrogen and oxygen atoms in total. The summed E-state index contributed by atoms with van der Waals surface area (Å²) in [6, 6.07) is 31.6. The molecule has 0 fully saturated rings. The zero-order valence-corrected chi connectivity index (χ0v) is 34.6. The maximum absolute atomic E-state index is 14.4. The van der Waals surface area contributed by atoms with Gasteiger partial charge in [0.2, 0.25) is 23.6 Å². The fourth-order valence-electron chi connectivity index (χ4n) is 6.40. The van der Waals surface area contributed by atoms with E-state index in [9.17, 15) is 24.0 Å². The van der Waals surface area contributed by atoms with E-state index in [-0.39, 0.29) is 44.3 Å². The van der Waals surface area contributed by atoms with Crippen LogP contribution in [0.2, 0.25) is 0 Å². The predicted molar refractivity (Wildman–Crippen MR) is 227 cm³/mol. The van der Waals surface area contributed by atoms with Crippen LogP contribution < -0.4 is 27.0 Å². The topological polar surface area (TPSA) is 178 Å². The number of benzene rings is 4. The highest BCUT2D eigenvalue weighted by Crippen LogP contribution is 2.14. The van der Waals surface area contributed by atoms with E-state index in [0.29, 0.717) is 0 Å². The Morgan fingerprint density at radius 2 is 0.949 bits per heavy atom. The molecule has 0 saturated carbocycles. The molecule has 6 atom stereocenters. The van der Waals surface area contributed by atoms with Gasteiger partial charge in [0.05, 0.1) is 18.8 Å². The Labute approximate surface area is 348 Å². The monoisotopic (exact) mass is 805 g/mol. The summed E-state index contributed by atoms with van der Waals surface area (Å²) in [6.07, 6.45) is -0.265. The first-order valence-electron chi connectivity index (χ1n) is 20.2. The van der Waals surface area contributed by atoms with E-state index >= 15 is 0 Å². The Kier molecular flexibility index (Phi) is 18.3. The van der Waals surface area contributed by atoms with Crippen molar-refractivity contribution in [1.29, 1.82) is 0 Å². The Balaban J connectivity index is 1.56. The first-order chi connectivity index (χ1) is 28.3. The lowest BCUT2D eigenvalue weighted by molar-refractivity contribution is -0.150. The summed E-state index contributed by atoms with van der Waals surface area (Å²) >= 11 is 0. The molecule has 0 aromatic heterocycles. The van der Waals surface area contributed by atoms with Crippen molar-refractivity contribution in [3.63, 3.8) is 0 Å². The summed E-state index contributed by atoms with van der Waals surface area (Å²) in [5.74, 6) is -3.40. The number of rotatable bonds is 22. The van der Waals surface area contributed by atoms with E-state index < -0.39 is 65.9 Å². The van der Waals surface area contributed by atoms with Gasteiger partial charge in [0.15, 0.2) is 0 Å². The molecule has 0 aliphatic carbocycles. The lowest BCUT2D eigenvalue weighted by atomic mass is 9.99. The number of hydrogen-bond donors (Lipinski definition) is 5. The van der Waals surface area contributed by atoms with Crippen molar-refractivity contribution < 1.29 is 33.4 Å². The van der Waals surface area contributed by atoms with Gasteiger partial charge in [-0.05, 0) is 53.9 Å². The molecule has 0 aliphatic heterocycles. The van der Waals surface area contributed by atoms with Gasteiger partial charge in [-0.2, -0.15) is 0 Å². The number of esters is 1. The van der Waals surface area contributed by atoms with Crippen LogP contribution in [0.1, 0.15) is 63.3 Å². The van der Waals surface area contributed by atoms with Gasteiger partial charge in [0.1, 0.15) is 30.8 Å². The van der Waals surface area contributed by atoms with Crippen LogP contribution in [0.5, 0.6) is 0 Å². The summed E-state index contributed by atoms with van der Waals surface area (Å²) < 4.78 is 11.8. The van der Waals surface area contributed by atoms with E-state index in [1.807, 2.05) is 135 Å². The molecule has 314 valence electrons. The number of carbonyl (C=O) groups is 5. The van der Waals surface area contributed by atoms with Crippen molar-refractivity contribution in [2.24, 2.45) is 17.6 Å². The first-order valence-corrected chi connectivity index (χ1v) is 20.2. The quantitative estimate of drug-likeness (QED) is 0.0705. The van der Waals surface area contributed by atoms with Crippen molar-refractivity contribution in [3.05, 3.63) is 144 Å². The zero-order valence-electron chi connectivity index (χ0n) is 34.6. The van der Waals surface area contributed by atoms with Gasteiger partial charge in [-0.25, -0.2) is 4.79 Å². The minimum atomic E-state index is -1.30. The summed E-state index contributed by atoms with van der Waals surface area (Å²) in [5, 5.41) is 11.3. The highest BCUT2D eigenvalue weighted by atomic mass is 16.5. The molecular weight excluding hydrogens is 747 g/mol. The van der Waals surface area contributed by atoms with Crippen LogP contribution in [0, 0.1) is 11.8 Å². The molecule has 0 unspecified atom stereocenters. The predicted octanol–water partition coefficient (Wildman–Crippen LogP) is 4.79. The van der Waals surface area contributed by atoms with Crippen molar-refractivity contribution in [1.82, 2.24) is 21.3 Å². The molecule has 4 aromatic rings. The smallest absolute Gasteiger partial charge is 0.328 e. The summed E-state index contributed by atoms with van der Waals surface area (Å²) in [4.78, 5) is 69.4. The van der Waals surface area contributed by atoms with Crippen LogP contribution in [-0.2, 0) is 59.5 Å². The number of nitrogens with two attached hydrogens (primary N) is 1. The van der Waals surface area contributed by atoms with Crippen LogP contribution in [0.3, 0.4) is 0 Å². The third-order valence-electron chi connectivity index (χ3n) is 9.74. The van der Waals surface area contributed by atoms with Crippen molar-refractivity contribution in [2.45, 2.75) is 103 Å². The third-order valence-corrected chi connectivity index (χ3v) is 9.74. The molecule has 4 aromatic carbocycles. The summed E-state index contributed by atoms with van der Waals surface area (Å²) in [6.45, 7) is 9.24. The van der Waals surface area contributed by atoms with E-state index in [1.54, 1.807) is 20.8 Å². The van der Waals surface area contributed by atoms with Crippen LogP contribution in [0.25, 0.3) is 0 Å². The minimum Gasteiger partial charge on any atom is -0.459 e. The maximum Gasteiger partial charge on any atom is 0.328 e. The molecule has 0 bridgehead atoms. The van der Waals surface area contributed by atoms with Gasteiger partial charge in [0, 0.05) is 6.42 Å². The molecule has 4 rings (SSSR count). The van der Waals surface area contributed by atoms with Crippen LogP contribution in [-0.4, -0.2) is 65.9 Å². The molecule has 0 heterocycles. The van der Waals surface area contributed by atoms with Crippen molar-refractivity contribution in [2.75, 3.05) is 0 Å². The SMILES string of the molecule is CC(C)C[C@H](NC(=O)[C@@H](NC(=O)[C@H](Cc1ccccc1)NC(=O)[C@@H](NC(=O)[C@@H](N)Cc1ccccc1)C(C)C)[C@@H](C)OCc1ccccc1)C(=O)OCc1ccccc1. The van der Waals surface area contributed by atoms with Crippen molar-refractivity contribution in [3.8, 4) is 0 Å². The molecular formula is C47H59N5O7. The minimum absolute atomic E-state index is 0.0112. The normalized spacial score (nSPS) is 14.2. The lowest BCUT2D eigenvalue weighted by Crippen LogP contribution is -2.61. The van der Waals surface area contributed by atoms with E-state index in [4.69, 9.17) is 15.2 Å². The van der Waals surface area contributed by atoms with Crippen molar-refractivity contribution >= 4 is 29.6 Å². The largest absolute Gasteiger partial charge is 0.459 e. The Morgan fingerprint density at radius 1 is 0.508 bits per heavy atom. The third kappa shape index (κ3) is 15.4. The zero-order chi connectivity index (χ0) is 42.7. The van der Waals surface area contributed by atoms with Gasteiger partial charge < -0.3 is 36.5 Å². The molecule has 0 aliphatic rings. The second-order valence-electron chi connectivity index (χ2n) is 15.5. The number of nitrogens with one attached hydrogen (secondary N) is 4. The molecule has 0 spiro atoms. The average molecular weight is 806 g/mol. The Hall–Kier alpha value is -5.85. The van der Waals surface area contributed by atoms with E-state index in [1.165, 1.54) is 0 Å². The number of carbonyl (C=O) groups excluding carboxylic acids is 5. The summed E-state index contributed by atoms with van der Waals surface area (Å²) in [5.41, 5.74) is 9.53. The lowest BCUT2D eigenvalue weighted by Gasteiger charge is -2.30. The van der Waals surface area contributed by atoms with Crippen LogP contribution in [0.4, 0.5) is 0 Å². The van der Waals surface area contributed by atoms with Gasteiger partial charge in [-0.1, -0.05) is 149 Å². The average Bonchev–Trinajstić information content (AvgIpc) is 3.23. The molecule has 6 N–H and O–H groups in total. The summed E-state index contributed by atoms with van der Waals surface area (Å²) in [7, 11) is 0.